The van der Waals surface area contributed by atoms with Gasteiger partial charge in [0.1, 0.15) is 5.82 Å². The highest BCUT2D eigenvalue weighted by Gasteiger charge is 2.30. The van der Waals surface area contributed by atoms with Gasteiger partial charge in [-0.2, -0.15) is 0 Å². The molecule has 2 fully saturated rings. The molecule has 0 N–H and O–H groups in total. The molecule has 0 radical (unpaired) electrons. The van der Waals surface area contributed by atoms with Gasteiger partial charge in [-0.1, -0.05) is 12.5 Å². The summed E-state index contributed by atoms with van der Waals surface area (Å²) in [6.45, 7) is 3.63. The van der Waals surface area contributed by atoms with E-state index in [0.717, 1.165) is 51.3 Å². The Bertz CT molecular complexity index is 430. The lowest BCUT2D eigenvalue weighted by Gasteiger charge is -2.31. The highest BCUT2D eigenvalue weighted by Crippen LogP contribution is 2.28. The molecule has 19 heavy (non-hydrogen) atoms. The van der Waals surface area contributed by atoms with Crippen LogP contribution in [0.2, 0.25) is 0 Å². The minimum absolute atomic E-state index is 0.321. The third kappa shape index (κ3) is 2.72. The first-order chi connectivity index (χ1) is 9.34. The van der Waals surface area contributed by atoms with Crippen LogP contribution in [0.4, 0.5) is 5.82 Å². The molecule has 1 amide bonds. The molecule has 102 valence electrons. The number of hydrogen-bond donors (Lipinski definition) is 0. The van der Waals surface area contributed by atoms with Crippen molar-refractivity contribution in [1.29, 1.82) is 0 Å². The molecule has 1 aromatic rings. The summed E-state index contributed by atoms with van der Waals surface area (Å²) in [7, 11) is 0. The predicted octanol–water partition coefficient (Wildman–Crippen LogP) is 1.92. The number of carbonyl (C=O) groups excluding carboxylic acids is 1. The van der Waals surface area contributed by atoms with Gasteiger partial charge >= 0.3 is 0 Å². The first-order valence-corrected chi connectivity index (χ1v) is 7.29. The number of amides is 1. The molecule has 0 spiro atoms. The van der Waals surface area contributed by atoms with Crippen LogP contribution in [0.25, 0.3) is 0 Å². The van der Waals surface area contributed by atoms with Crippen LogP contribution >= 0.6 is 0 Å². The number of carbonyl (C=O) groups is 1. The highest BCUT2D eigenvalue weighted by molar-refractivity contribution is 5.79. The van der Waals surface area contributed by atoms with Gasteiger partial charge in [-0.15, -0.1) is 0 Å². The van der Waals surface area contributed by atoms with Crippen molar-refractivity contribution in [1.82, 2.24) is 9.88 Å². The van der Waals surface area contributed by atoms with Gasteiger partial charge in [0.05, 0.1) is 0 Å². The number of nitrogens with zero attached hydrogens (tertiary/aromatic N) is 3. The van der Waals surface area contributed by atoms with E-state index in [1.54, 1.807) is 0 Å². The zero-order chi connectivity index (χ0) is 13.1. The summed E-state index contributed by atoms with van der Waals surface area (Å²) in [5, 5.41) is 0. The summed E-state index contributed by atoms with van der Waals surface area (Å²) in [6, 6.07) is 6.00. The molecule has 1 aromatic heterocycles. The van der Waals surface area contributed by atoms with Crippen molar-refractivity contribution in [3.05, 3.63) is 24.4 Å². The van der Waals surface area contributed by atoms with Crippen molar-refractivity contribution in [3.8, 4) is 0 Å². The van der Waals surface area contributed by atoms with E-state index in [1.165, 1.54) is 6.42 Å². The normalized spacial score (nSPS) is 20.8. The molecule has 4 heteroatoms. The maximum absolute atomic E-state index is 12.3. The summed E-state index contributed by atoms with van der Waals surface area (Å²) < 4.78 is 0. The van der Waals surface area contributed by atoms with E-state index in [2.05, 4.69) is 14.8 Å². The Morgan fingerprint density at radius 3 is 2.68 bits per heavy atom. The van der Waals surface area contributed by atoms with Crippen molar-refractivity contribution in [3.63, 3.8) is 0 Å². The molecular formula is C15H21N3O. The summed E-state index contributed by atoms with van der Waals surface area (Å²) in [5.74, 6) is 1.73. The van der Waals surface area contributed by atoms with Crippen LogP contribution in [0.3, 0.4) is 0 Å². The van der Waals surface area contributed by atoms with Crippen molar-refractivity contribution in [2.75, 3.05) is 31.1 Å². The van der Waals surface area contributed by atoms with Gasteiger partial charge in [0, 0.05) is 38.3 Å². The maximum atomic E-state index is 12.3. The van der Waals surface area contributed by atoms with Crippen LogP contribution in [0.1, 0.15) is 25.7 Å². The fourth-order valence-electron chi connectivity index (χ4n) is 2.82. The lowest BCUT2D eigenvalue weighted by molar-refractivity contribution is -0.137. The molecule has 1 saturated heterocycles. The van der Waals surface area contributed by atoms with Crippen LogP contribution in [0.15, 0.2) is 24.4 Å². The van der Waals surface area contributed by atoms with Crippen LogP contribution < -0.4 is 4.90 Å². The molecule has 1 aliphatic carbocycles. The van der Waals surface area contributed by atoms with Gasteiger partial charge in [-0.05, 0) is 31.4 Å². The fraction of sp³-hybridized carbons (Fsp3) is 0.600. The molecule has 2 heterocycles. The minimum Gasteiger partial charge on any atom is -0.355 e. The van der Waals surface area contributed by atoms with Crippen LogP contribution in [-0.4, -0.2) is 42.0 Å². The lowest BCUT2D eigenvalue weighted by Crippen LogP contribution is -2.41. The summed E-state index contributed by atoms with van der Waals surface area (Å²) >= 11 is 0. The molecule has 1 aliphatic heterocycles. The Morgan fingerprint density at radius 1 is 1.11 bits per heavy atom. The molecular weight excluding hydrogens is 238 g/mol. The molecule has 0 aromatic carbocycles. The Kier molecular flexibility index (Phi) is 3.67. The van der Waals surface area contributed by atoms with Gasteiger partial charge in [0.2, 0.25) is 5.91 Å². The highest BCUT2D eigenvalue weighted by atomic mass is 16.2. The Balaban J connectivity index is 1.61. The second-order valence-electron chi connectivity index (χ2n) is 5.48. The Morgan fingerprint density at radius 2 is 2.00 bits per heavy atom. The van der Waals surface area contributed by atoms with Gasteiger partial charge in [0.15, 0.2) is 0 Å². The SMILES string of the molecule is O=C(C1CCC1)N1CCCN(c2ccccn2)CC1. The third-order valence-corrected chi connectivity index (χ3v) is 4.24. The average Bonchev–Trinajstić information content (AvgIpc) is 2.63. The maximum Gasteiger partial charge on any atom is 0.225 e. The van der Waals surface area contributed by atoms with E-state index < -0.39 is 0 Å². The Hall–Kier alpha value is -1.58. The standard InChI is InChI=1S/C15H21N3O/c19-15(13-5-3-6-13)18-10-4-9-17(11-12-18)14-7-1-2-8-16-14/h1-2,7-8,13H,3-6,9-12H2. The lowest BCUT2D eigenvalue weighted by atomic mass is 9.84. The number of rotatable bonds is 2. The average molecular weight is 259 g/mol. The predicted molar refractivity (Wildman–Crippen MR) is 75.0 cm³/mol. The topological polar surface area (TPSA) is 36.4 Å². The zero-order valence-corrected chi connectivity index (χ0v) is 11.3. The minimum atomic E-state index is 0.321. The van der Waals surface area contributed by atoms with Crippen molar-refractivity contribution in [2.45, 2.75) is 25.7 Å². The van der Waals surface area contributed by atoms with E-state index in [0.29, 0.717) is 11.8 Å². The number of pyridine rings is 1. The quantitative estimate of drug-likeness (QED) is 0.814. The molecule has 1 saturated carbocycles. The van der Waals surface area contributed by atoms with Crippen molar-refractivity contribution >= 4 is 11.7 Å². The molecule has 0 atom stereocenters. The monoisotopic (exact) mass is 259 g/mol. The first-order valence-electron chi connectivity index (χ1n) is 7.29. The summed E-state index contributed by atoms with van der Waals surface area (Å²) in [5.41, 5.74) is 0. The van der Waals surface area contributed by atoms with Gasteiger partial charge in [-0.3, -0.25) is 4.79 Å². The van der Waals surface area contributed by atoms with Gasteiger partial charge in [0.25, 0.3) is 0 Å². The molecule has 4 nitrogen and oxygen atoms in total. The van der Waals surface area contributed by atoms with Crippen LogP contribution in [-0.2, 0) is 4.79 Å². The second-order valence-corrected chi connectivity index (χ2v) is 5.48. The van der Waals surface area contributed by atoms with Gasteiger partial charge < -0.3 is 9.80 Å². The van der Waals surface area contributed by atoms with Gasteiger partial charge in [-0.25, -0.2) is 4.98 Å². The van der Waals surface area contributed by atoms with E-state index in [9.17, 15) is 4.79 Å². The van der Waals surface area contributed by atoms with E-state index >= 15 is 0 Å². The fourth-order valence-corrected chi connectivity index (χ4v) is 2.82. The smallest absolute Gasteiger partial charge is 0.225 e. The summed E-state index contributed by atoms with van der Waals surface area (Å²) in [6.07, 6.45) is 6.29. The van der Waals surface area contributed by atoms with E-state index in [1.807, 2.05) is 24.4 Å². The van der Waals surface area contributed by atoms with Crippen LogP contribution in [0.5, 0.6) is 0 Å². The Labute approximate surface area is 114 Å². The van der Waals surface area contributed by atoms with Crippen LogP contribution in [0, 0.1) is 5.92 Å². The van der Waals surface area contributed by atoms with E-state index in [4.69, 9.17) is 0 Å². The second kappa shape index (κ2) is 5.59. The number of hydrogen-bond acceptors (Lipinski definition) is 3. The largest absolute Gasteiger partial charge is 0.355 e. The summed E-state index contributed by atoms with van der Waals surface area (Å²) in [4.78, 5) is 21.0. The molecule has 2 aliphatic rings. The first kappa shape index (κ1) is 12.5. The zero-order valence-electron chi connectivity index (χ0n) is 11.3. The van der Waals surface area contributed by atoms with Crippen molar-refractivity contribution < 1.29 is 4.79 Å². The van der Waals surface area contributed by atoms with Crippen molar-refractivity contribution in [2.24, 2.45) is 5.92 Å². The molecule has 0 bridgehead atoms. The molecule has 0 unspecified atom stereocenters. The number of anilines is 1. The number of aromatic nitrogens is 1. The van der Waals surface area contributed by atoms with E-state index in [-0.39, 0.29) is 0 Å². The third-order valence-electron chi connectivity index (χ3n) is 4.24. The molecule has 3 rings (SSSR count).